The topological polar surface area (TPSA) is 103 Å². The van der Waals surface area contributed by atoms with E-state index in [1.54, 1.807) is 52.0 Å². The number of hydrogen-bond donors (Lipinski definition) is 1. The number of hydrogen-bond acceptors (Lipinski definition) is 7. The number of Topliss-reactive ketones (excluding diaryl/α,β-unsaturated/α-hetero) is 1. The molecular weight excluding hydrogens is 392 g/mol. The van der Waals surface area contributed by atoms with Crippen LogP contribution >= 0.6 is 0 Å². The molecule has 2 unspecified atom stereocenters. The summed E-state index contributed by atoms with van der Waals surface area (Å²) in [6.07, 6.45) is -0.951. The van der Waals surface area contributed by atoms with Crippen molar-refractivity contribution >= 4 is 18.0 Å². The molecule has 30 heavy (non-hydrogen) atoms. The number of methoxy groups -OCH3 is 1. The molecule has 2 atom stereocenters. The molecular formula is C21H26N2O7. The van der Waals surface area contributed by atoms with E-state index in [0.717, 1.165) is 5.01 Å². The fraction of sp³-hybridized carbons (Fsp3) is 0.476. The molecule has 0 saturated carbocycles. The maximum Gasteiger partial charge on any atom is 0.429 e. The summed E-state index contributed by atoms with van der Waals surface area (Å²) in [6.45, 7) is 6.79. The molecule has 1 aromatic rings. The van der Waals surface area contributed by atoms with E-state index < -0.39 is 30.4 Å². The van der Waals surface area contributed by atoms with Gasteiger partial charge < -0.3 is 18.9 Å². The molecule has 0 fully saturated rings. The van der Waals surface area contributed by atoms with Crippen molar-refractivity contribution in [1.82, 2.24) is 10.4 Å². The Hall–Kier alpha value is -3.23. The lowest BCUT2D eigenvalue weighted by atomic mass is 9.97. The fourth-order valence-corrected chi connectivity index (χ4v) is 3.33. The van der Waals surface area contributed by atoms with E-state index in [9.17, 15) is 14.4 Å². The Labute approximate surface area is 174 Å². The third-order valence-electron chi connectivity index (χ3n) is 4.56. The summed E-state index contributed by atoms with van der Waals surface area (Å²) in [7, 11) is 1.52. The predicted molar refractivity (Wildman–Crippen MR) is 106 cm³/mol. The summed E-state index contributed by atoms with van der Waals surface area (Å²) >= 11 is 0. The van der Waals surface area contributed by atoms with Gasteiger partial charge in [-0.3, -0.25) is 4.79 Å². The van der Waals surface area contributed by atoms with Crippen LogP contribution in [0, 0.1) is 0 Å². The van der Waals surface area contributed by atoms with Crippen LogP contribution in [0.5, 0.6) is 11.5 Å². The second-order valence-corrected chi connectivity index (χ2v) is 7.59. The molecule has 1 aliphatic heterocycles. The number of carbonyl (C=O) groups is 3. The maximum atomic E-state index is 13.0. The molecule has 2 aliphatic rings. The minimum atomic E-state index is -0.792. The SMILES string of the molecule is COc1ccc2c(c1)C(=O)C1=CC(N(NC(=O)OC(C)C)C(=O)OC(C)C)CC1O2. The second-order valence-electron chi connectivity index (χ2n) is 7.59. The Bertz CT molecular complexity index is 878. The van der Waals surface area contributed by atoms with Crippen molar-refractivity contribution in [3.8, 4) is 11.5 Å². The summed E-state index contributed by atoms with van der Waals surface area (Å²) < 4.78 is 21.5. The molecule has 0 saturated heterocycles. The van der Waals surface area contributed by atoms with Crippen molar-refractivity contribution < 1.29 is 33.3 Å². The highest BCUT2D eigenvalue weighted by molar-refractivity contribution is 6.12. The largest absolute Gasteiger partial charge is 0.497 e. The predicted octanol–water partition coefficient (Wildman–Crippen LogP) is 3.23. The van der Waals surface area contributed by atoms with Crippen molar-refractivity contribution in [3.05, 3.63) is 35.4 Å². The molecule has 0 bridgehead atoms. The Balaban J connectivity index is 1.85. The zero-order chi connectivity index (χ0) is 22.0. The third-order valence-corrected chi connectivity index (χ3v) is 4.56. The molecule has 162 valence electrons. The first-order valence-electron chi connectivity index (χ1n) is 9.77. The number of benzene rings is 1. The first-order valence-corrected chi connectivity index (χ1v) is 9.77. The van der Waals surface area contributed by atoms with Crippen LogP contribution < -0.4 is 14.9 Å². The summed E-state index contributed by atoms with van der Waals surface area (Å²) in [5.74, 6) is 0.788. The molecule has 1 N–H and O–H groups in total. The molecule has 1 aromatic carbocycles. The van der Waals surface area contributed by atoms with Crippen molar-refractivity contribution in [3.63, 3.8) is 0 Å². The minimum Gasteiger partial charge on any atom is -0.497 e. The Morgan fingerprint density at radius 1 is 1.17 bits per heavy atom. The number of fused-ring (bicyclic) bond motifs is 2. The van der Waals surface area contributed by atoms with Crippen LogP contribution in [0.1, 0.15) is 44.5 Å². The first kappa shape index (κ1) is 21.5. The van der Waals surface area contributed by atoms with Gasteiger partial charge in [0.2, 0.25) is 0 Å². The fourth-order valence-electron chi connectivity index (χ4n) is 3.33. The smallest absolute Gasteiger partial charge is 0.429 e. The van der Waals surface area contributed by atoms with Crippen molar-refractivity contribution in [2.24, 2.45) is 0 Å². The highest BCUT2D eigenvalue weighted by Gasteiger charge is 2.42. The standard InChI is InChI=1S/C21H26N2O7/c1-11(2)28-20(25)22-23(21(26)29-12(3)4)13-8-15-18(9-13)30-17-7-6-14(27-5)10-16(17)19(15)24/h6-8,10-13,18H,9H2,1-5H3,(H,22,25). The van der Waals surface area contributed by atoms with Crippen LogP contribution in [0.15, 0.2) is 29.8 Å². The van der Waals surface area contributed by atoms with Gasteiger partial charge in [-0.25, -0.2) is 20.0 Å². The molecule has 3 rings (SSSR count). The molecule has 2 amide bonds. The van der Waals surface area contributed by atoms with Crippen molar-refractivity contribution in [2.75, 3.05) is 7.11 Å². The number of rotatable bonds is 4. The molecule has 9 nitrogen and oxygen atoms in total. The molecule has 0 aromatic heterocycles. The Morgan fingerprint density at radius 3 is 2.50 bits per heavy atom. The number of nitrogens with zero attached hydrogens (tertiary/aromatic N) is 1. The molecule has 1 heterocycles. The van der Waals surface area contributed by atoms with Crippen LogP contribution in [-0.2, 0) is 9.47 Å². The van der Waals surface area contributed by atoms with Gasteiger partial charge in [-0.15, -0.1) is 0 Å². The summed E-state index contributed by atoms with van der Waals surface area (Å²) in [5.41, 5.74) is 3.23. The van der Waals surface area contributed by atoms with Crippen molar-refractivity contribution in [2.45, 2.75) is 58.5 Å². The summed E-state index contributed by atoms with van der Waals surface area (Å²) in [6, 6.07) is 4.36. The first-order chi connectivity index (χ1) is 14.2. The monoisotopic (exact) mass is 418 g/mol. The zero-order valence-corrected chi connectivity index (χ0v) is 17.6. The van der Waals surface area contributed by atoms with Gasteiger partial charge in [0.05, 0.1) is 30.9 Å². The maximum absolute atomic E-state index is 13.0. The lowest BCUT2D eigenvalue weighted by molar-refractivity contribution is 0.0349. The average Bonchev–Trinajstić information content (AvgIpc) is 3.08. The van der Waals surface area contributed by atoms with Gasteiger partial charge >= 0.3 is 12.2 Å². The van der Waals surface area contributed by atoms with Crippen LogP contribution in [0.25, 0.3) is 0 Å². The van der Waals surface area contributed by atoms with E-state index in [1.807, 2.05) is 0 Å². The van der Waals surface area contributed by atoms with Crippen LogP contribution in [0.2, 0.25) is 0 Å². The Kier molecular flexibility index (Phi) is 6.19. The molecule has 0 radical (unpaired) electrons. The number of amides is 2. The van der Waals surface area contributed by atoms with Gasteiger partial charge in [0, 0.05) is 12.0 Å². The number of carbonyl (C=O) groups excluding carboxylic acids is 3. The van der Waals surface area contributed by atoms with Gasteiger partial charge in [-0.05, 0) is 52.0 Å². The molecule has 1 aliphatic carbocycles. The quantitative estimate of drug-likeness (QED) is 0.749. The van der Waals surface area contributed by atoms with Gasteiger partial charge in [-0.1, -0.05) is 0 Å². The van der Waals surface area contributed by atoms with Crippen molar-refractivity contribution in [1.29, 1.82) is 0 Å². The van der Waals surface area contributed by atoms with E-state index >= 15 is 0 Å². The molecule has 9 heteroatoms. The molecule has 0 spiro atoms. The normalized spacial score (nSPS) is 19.4. The van der Waals surface area contributed by atoms with Gasteiger partial charge in [-0.2, -0.15) is 0 Å². The summed E-state index contributed by atoms with van der Waals surface area (Å²) in [5, 5.41) is 1.04. The number of ether oxygens (including phenoxy) is 4. The third kappa shape index (κ3) is 4.50. The van der Waals surface area contributed by atoms with Gasteiger partial charge in [0.15, 0.2) is 5.78 Å². The highest BCUT2D eigenvalue weighted by atomic mass is 16.6. The van der Waals surface area contributed by atoms with E-state index in [0.29, 0.717) is 22.6 Å². The zero-order valence-electron chi connectivity index (χ0n) is 17.6. The van der Waals surface area contributed by atoms with Crippen LogP contribution in [0.4, 0.5) is 9.59 Å². The average molecular weight is 418 g/mol. The van der Waals surface area contributed by atoms with E-state index in [-0.39, 0.29) is 18.3 Å². The lowest BCUT2D eigenvalue weighted by Crippen LogP contribution is -2.52. The number of nitrogens with one attached hydrogen (secondary N) is 1. The second kappa shape index (κ2) is 8.64. The van der Waals surface area contributed by atoms with E-state index in [1.165, 1.54) is 7.11 Å². The number of ketones is 1. The van der Waals surface area contributed by atoms with Gasteiger partial charge in [0.25, 0.3) is 0 Å². The van der Waals surface area contributed by atoms with Crippen LogP contribution in [0.3, 0.4) is 0 Å². The lowest BCUT2D eigenvalue weighted by Gasteiger charge is -2.29. The minimum absolute atomic E-state index is 0.204. The van der Waals surface area contributed by atoms with Gasteiger partial charge in [0.1, 0.15) is 17.6 Å². The Morgan fingerprint density at radius 2 is 1.87 bits per heavy atom. The van der Waals surface area contributed by atoms with E-state index in [4.69, 9.17) is 18.9 Å². The summed E-state index contributed by atoms with van der Waals surface area (Å²) in [4.78, 5) is 37.7. The number of hydrazine groups is 1. The van der Waals surface area contributed by atoms with Crippen LogP contribution in [-0.4, -0.2) is 54.4 Å². The van der Waals surface area contributed by atoms with E-state index in [2.05, 4.69) is 5.43 Å². The highest BCUT2D eigenvalue weighted by Crippen LogP contribution is 2.38.